The van der Waals surface area contributed by atoms with Gasteiger partial charge in [-0.1, -0.05) is 13.0 Å². The van der Waals surface area contributed by atoms with Gasteiger partial charge in [-0.3, -0.25) is 4.98 Å². The first-order valence-electron chi connectivity index (χ1n) is 7.69. The van der Waals surface area contributed by atoms with Crippen LogP contribution in [0.3, 0.4) is 0 Å². The predicted octanol–water partition coefficient (Wildman–Crippen LogP) is 3.82. The first kappa shape index (κ1) is 13.6. The third-order valence-electron chi connectivity index (χ3n) is 4.27. The fourth-order valence-electron chi connectivity index (χ4n) is 3.10. The molecule has 0 saturated heterocycles. The maximum Gasteiger partial charge on any atom is 0.138 e. The molecule has 0 fully saturated rings. The summed E-state index contributed by atoms with van der Waals surface area (Å²) in [6.45, 7) is 3.07. The molecule has 5 heteroatoms. The monoisotopic (exact) mass is 310 g/mol. The first-order valence-corrected chi connectivity index (χ1v) is 8.51. The van der Waals surface area contributed by atoms with Gasteiger partial charge >= 0.3 is 0 Å². The Kier molecular flexibility index (Phi) is 3.50. The third-order valence-corrected chi connectivity index (χ3v) is 5.47. The van der Waals surface area contributed by atoms with Gasteiger partial charge in [0.15, 0.2) is 0 Å². The molecule has 0 radical (unpaired) electrons. The van der Waals surface area contributed by atoms with Crippen LogP contribution in [-0.2, 0) is 19.4 Å². The Morgan fingerprint density at radius 3 is 3.18 bits per heavy atom. The molecule has 0 saturated carbocycles. The lowest BCUT2D eigenvalue weighted by Gasteiger charge is -2.18. The fourth-order valence-corrected chi connectivity index (χ4v) is 4.29. The number of nitrogens with one attached hydrogen (secondary N) is 1. The van der Waals surface area contributed by atoms with Crippen LogP contribution in [0.15, 0.2) is 30.9 Å². The summed E-state index contributed by atoms with van der Waals surface area (Å²) in [7, 11) is 0. The van der Waals surface area contributed by atoms with E-state index in [1.807, 2.05) is 23.6 Å². The van der Waals surface area contributed by atoms with Gasteiger partial charge in [0.1, 0.15) is 17.0 Å². The Morgan fingerprint density at radius 1 is 1.36 bits per heavy atom. The Hall–Kier alpha value is -2.01. The van der Waals surface area contributed by atoms with Gasteiger partial charge < -0.3 is 5.32 Å². The summed E-state index contributed by atoms with van der Waals surface area (Å²) in [6, 6.07) is 4.03. The van der Waals surface area contributed by atoms with Gasteiger partial charge in [-0.05, 0) is 42.4 Å². The quantitative estimate of drug-likeness (QED) is 0.799. The zero-order chi connectivity index (χ0) is 14.9. The van der Waals surface area contributed by atoms with E-state index in [9.17, 15) is 0 Å². The zero-order valence-electron chi connectivity index (χ0n) is 12.5. The van der Waals surface area contributed by atoms with Crippen LogP contribution in [0.1, 0.15) is 29.3 Å². The standard InChI is InChI=1S/C17H18N4S/c1-11-4-5-14-13(7-11)15-16(20-10-21-17(15)22-14)19-9-12-3-2-6-18-8-12/h2-3,6,8,10-11H,4-5,7,9H2,1H3,(H,19,20,21)/t11-/m0/s1. The number of aromatic nitrogens is 3. The van der Waals surface area contributed by atoms with Gasteiger partial charge in [0.25, 0.3) is 0 Å². The SMILES string of the molecule is C[C@H]1CCc2sc3ncnc(NCc4cccnc4)c3c2C1. The molecular formula is C17H18N4S. The third kappa shape index (κ3) is 2.46. The van der Waals surface area contributed by atoms with Crippen LogP contribution >= 0.6 is 11.3 Å². The molecule has 0 bridgehead atoms. The Morgan fingerprint density at radius 2 is 2.32 bits per heavy atom. The Balaban J connectivity index is 1.70. The summed E-state index contributed by atoms with van der Waals surface area (Å²) in [6.07, 6.45) is 8.95. The van der Waals surface area contributed by atoms with Crippen molar-refractivity contribution in [1.82, 2.24) is 15.0 Å². The summed E-state index contributed by atoms with van der Waals surface area (Å²) in [4.78, 5) is 15.7. The van der Waals surface area contributed by atoms with E-state index in [0.717, 1.165) is 35.1 Å². The minimum absolute atomic E-state index is 0.736. The van der Waals surface area contributed by atoms with E-state index < -0.39 is 0 Å². The zero-order valence-corrected chi connectivity index (χ0v) is 13.4. The van der Waals surface area contributed by atoms with Crippen molar-refractivity contribution in [1.29, 1.82) is 0 Å². The molecule has 112 valence electrons. The molecule has 1 aliphatic carbocycles. The highest BCUT2D eigenvalue weighted by Crippen LogP contribution is 2.39. The van der Waals surface area contributed by atoms with Crippen LogP contribution in [0, 0.1) is 5.92 Å². The van der Waals surface area contributed by atoms with Crippen molar-refractivity contribution in [2.45, 2.75) is 32.7 Å². The normalized spacial score (nSPS) is 17.4. The molecule has 22 heavy (non-hydrogen) atoms. The maximum atomic E-state index is 4.49. The van der Waals surface area contributed by atoms with Crippen molar-refractivity contribution >= 4 is 27.4 Å². The molecule has 3 aromatic heterocycles. The molecule has 1 atom stereocenters. The van der Waals surface area contributed by atoms with Gasteiger partial charge in [0.2, 0.25) is 0 Å². The van der Waals surface area contributed by atoms with E-state index in [1.54, 1.807) is 12.5 Å². The summed E-state index contributed by atoms with van der Waals surface area (Å²) in [5, 5.41) is 4.70. The van der Waals surface area contributed by atoms with E-state index in [1.165, 1.54) is 28.7 Å². The van der Waals surface area contributed by atoms with Crippen molar-refractivity contribution in [2.75, 3.05) is 5.32 Å². The molecule has 0 amide bonds. The molecule has 1 N–H and O–H groups in total. The highest BCUT2D eigenvalue weighted by atomic mass is 32.1. The Bertz CT molecular complexity index is 797. The van der Waals surface area contributed by atoms with E-state index in [-0.39, 0.29) is 0 Å². The number of aryl methyl sites for hydroxylation is 1. The highest BCUT2D eigenvalue weighted by Gasteiger charge is 2.23. The van der Waals surface area contributed by atoms with E-state index >= 15 is 0 Å². The summed E-state index contributed by atoms with van der Waals surface area (Å²) in [5.41, 5.74) is 2.62. The molecule has 3 heterocycles. The summed E-state index contributed by atoms with van der Waals surface area (Å²) in [5.74, 6) is 1.71. The van der Waals surface area contributed by atoms with Crippen LogP contribution in [0.5, 0.6) is 0 Å². The average Bonchev–Trinajstić information content (AvgIpc) is 2.92. The summed E-state index contributed by atoms with van der Waals surface area (Å²) >= 11 is 1.83. The van der Waals surface area contributed by atoms with Crippen LogP contribution < -0.4 is 5.32 Å². The second-order valence-corrected chi connectivity index (χ2v) is 7.05. The molecule has 3 aromatic rings. The van der Waals surface area contributed by atoms with E-state index in [0.29, 0.717) is 0 Å². The maximum absolute atomic E-state index is 4.49. The van der Waals surface area contributed by atoms with Gasteiger partial charge in [-0.25, -0.2) is 9.97 Å². The second kappa shape index (κ2) is 5.65. The number of anilines is 1. The number of fused-ring (bicyclic) bond motifs is 3. The molecule has 0 spiro atoms. The van der Waals surface area contributed by atoms with Gasteiger partial charge in [-0.15, -0.1) is 11.3 Å². The minimum atomic E-state index is 0.736. The molecule has 4 nitrogen and oxygen atoms in total. The van der Waals surface area contributed by atoms with Crippen molar-refractivity contribution in [3.05, 3.63) is 46.9 Å². The van der Waals surface area contributed by atoms with Gasteiger partial charge in [-0.2, -0.15) is 0 Å². The minimum Gasteiger partial charge on any atom is -0.365 e. The van der Waals surface area contributed by atoms with Crippen LogP contribution in [-0.4, -0.2) is 15.0 Å². The smallest absolute Gasteiger partial charge is 0.138 e. The van der Waals surface area contributed by atoms with Crippen LogP contribution in [0.4, 0.5) is 5.82 Å². The van der Waals surface area contributed by atoms with Crippen molar-refractivity contribution in [2.24, 2.45) is 5.92 Å². The second-order valence-electron chi connectivity index (χ2n) is 5.97. The van der Waals surface area contributed by atoms with Crippen LogP contribution in [0.25, 0.3) is 10.2 Å². The van der Waals surface area contributed by atoms with Gasteiger partial charge in [0.05, 0.1) is 5.39 Å². The molecule has 0 unspecified atom stereocenters. The number of pyridine rings is 1. The number of hydrogen-bond donors (Lipinski definition) is 1. The topological polar surface area (TPSA) is 50.7 Å². The van der Waals surface area contributed by atoms with Crippen molar-refractivity contribution in [3.63, 3.8) is 0 Å². The largest absolute Gasteiger partial charge is 0.365 e. The van der Waals surface area contributed by atoms with Crippen molar-refractivity contribution in [3.8, 4) is 0 Å². The number of hydrogen-bond acceptors (Lipinski definition) is 5. The molecule has 0 aliphatic heterocycles. The lowest BCUT2D eigenvalue weighted by atomic mass is 9.88. The van der Waals surface area contributed by atoms with Gasteiger partial charge in [0, 0.05) is 23.8 Å². The number of thiophene rings is 1. The number of nitrogens with zero attached hydrogens (tertiary/aromatic N) is 3. The highest BCUT2D eigenvalue weighted by molar-refractivity contribution is 7.19. The lowest BCUT2D eigenvalue weighted by molar-refractivity contribution is 0.508. The molecule has 4 rings (SSSR count). The molecule has 1 aliphatic rings. The molecule has 0 aromatic carbocycles. The first-order chi connectivity index (χ1) is 10.8. The predicted molar refractivity (Wildman–Crippen MR) is 90.2 cm³/mol. The average molecular weight is 310 g/mol. The number of rotatable bonds is 3. The van der Waals surface area contributed by atoms with E-state index in [4.69, 9.17) is 0 Å². The van der Waals surface area contributed by atoms with Crippen LogP contribution in [0.2, 0.25) is 0 Å². The fraction of sp³-hybridized carbons (Fsp3) is 0.353. The van der Waals surface area contributed by atoms with E-state index in [2.05, 4.69) is 33.3 Å². The lowest BCUT2D eigenvalue weighted by Crippen LogP contribution is -2.10. The summed E-state index contributed by atoms with van der Waals surface area (Å²) < 4.78 is 0. The Labute approximate surface area is 133 Å². The van der Waals surface area contributed by atoms with Crippen molar-refractivity contribution < 1.29 is 0 Å². The molecular weight excluding hydrogens is 292 g/mol.